The van der Waals surface area contributed by atoms with Crippen molar-refractivity contribution in [3.05, 3.63) is 35.9 Å². The first-order valence-corrected chi connectivity index (χ1v) is 7.39. The molecule has 8 nitrogen and oxygen atoms in total. The predicted octanol–water partition coefficient (Wildman–Crippen LogP) is 1.81. The average Bonchev–Trinajstić information content (AvgIpc) is 2.94. The third kappa shape index (κ3) is 3.18. The third-order valence-electron chi connectivity index (χ3n) is 3.42. The van der Waals surface area contributed by atoms with Crippen molar-refractivity contribution >= 4 is 29.6 Å². The van der Waals surface area contributed by atoms with Gasteiger partial charge in [0.05, 0.1) is 13.2 Å². The van der Waals surface area contributed by atoms with Gasteiger partial charge in [-0.2, -0.15) is 9.97 Å². The maximum absolute atomic E-state index is 5.99. The maximum Gasteiger partial charge on any atom is 0.320 e. The van der Waals surface area contributed by atoms with E-state index in [-0.39, 0.29) is 11.8 Å². The topological polar surface area (TPSA) is 100 Å². The van der Waals surface area contributed by atoms with Crippen LogP contribution in [0.1, 0.15) is 5.56 Å². The number of hydrogen-bond acceptors (Lipinski definition) is 7. The molecular formula is C16H18N6O2. The first-order chi connectivity index (χ1) is 11.7. The number of hydrogen-bond donors (Lipinski definition) is 1. The first-order valence-electron chi connectivity index (χ1n) is 7.39. The number of benzene rings is 1. The minimum Gasteiger partial charge on any atom is -0.461 e. The molecule has 2 aromatic heterocycles. The van der Waals surface area contributed by atoms with Gasteiger partial charge in [0.25, 0.3) is 0 Å². The molecule has 1 aromatic carbocycles. The molecule has 24 heavy (non-hydrogen) atoms. The van der Waals surface area contributed by atoms with Crippen molar-refractivity contribution in [1.82, 2.24) is 19.5 Å². The molecule has 0 bridgehead atoms. The van der Waals surface area contributed by atoms with Crippen LogP contribution in [0.3, 0.4) is 0 Å². The summed E-state index contributed by atoms with van der Waals surface area (Å²) in [6, 6.07) is 10.1. The highest BCUT2D eigenvalue weighted by Gasteiger charge is 2.17. The van der Waals surface area contributed by atoms with E-state index >= 15 is 0 Å². The van der Waals surface area contributed by atoms with Crippen molar-refractivity contribution in [1.29, 1.82) is 0 Å². The van der Waals surface area contributed by atoms with Crippen LogP contribution in [-0.4, -0.2) is 46.6 Å². The molecule has 0 spiro atoms. The zero-order valence-corrected chi connectivity index (χ0v) is 13.3. The fourth-order valence-corrected chi connectivity index (χ4v) is 2.30. The molecule has 0 aliphatic heterocycles. The minimum atomic E-state index is 0.182. The maximum atomic E-state index is 5.99. The predicted molar refractivity (Wildman–Crippen MR) is 91.9 cm³/mol. The number of nitrogen functional groups attached to an aromatic ring is 1. The van der Waals surface area contributed by atoms with Crippen LogP contribution >= 0.6 is 0 Å². The molecule has 0 amide bonds. The largest absolute Gasteiger partial charge is 0.461 e. The molecule has 0 saturated carbocycles. The fourth-order valence-electron chi connectivity index (χ4n) is 2.30. The van der Waals surface area contributed by atoms with E-state index < -0.39 is 0 Å². The smallest absolute Gasteiger partial charge is 0.320 e. The monoisotopic (exact) mass is 326 g/mol. The summed E-state index contributed by atoms with van der Waals surface area (Å²) < 4.78 is 12.3. The molecule has 0 saturated heterocycles. The molecule has 0 fully saturated rings. The second-order valence-corrected chi connectivity index (χ2v) is 5.05. The number of methoxy groups -OCH3 is 1. The van der Waals surface area contributed by atoms with Crippen molar-refractivity contribution in [2.45, 2.75) is 6.54 Å². The lowest BCUT2D eigenvalue weighted by Gasteiger charge is -2.08. The second kappa shape index (κ2) is 7.05. The number of fused-ring (bicyclic) bond motifs is 1. The summed E-state index contributed by atoms with van der Waals surface area (Å²) >= 11 is 0. The van der Waals surface area contributed by atoms with Gasteiger partial charge in [0, 0.05) is 7.11 Å². The van der Waals surface area contributed by atoms with E-state index in [0.717, 1.165) is 5.56 Å². The highest BCUT2D eigenvalue weighted by molar-refractivity contribution is 5.84. The Balaban J connectivity index is 2.03. The summed E-state index contributed by atoms with van der Waals surface area (Å²) in [6.45, 7) is 4.88. The average molecular weight is 326 g/mol. The summed E-state index contributed by atoms with van der Waals surface area (Å²) in [5.41, 5.74) is 8.11. The Kier molecular flexibility index (Phi) is 4.66. The summed E-state index contributed by atoms with van der Waals surface area (Å²) in [6.07, 6.45) is 0. The summed E-state index contributed by atoms with van der Waals surface area (Å²) in [5, 5.41) is 0. The van der Waals surface area contributed by atoms with E-state index in [1.807, 2.05) is 34.9 Å². The summed E-state index contributed by atoms with van der Waals surface area (Å²) in [4.78, 5) is 16.9. The number of imidazole rings is 1. The van der Waals surface area contributed by atoms with Crippen LogP contribution in [-0.2, 0) is 11.3 Å². The number of nitrogens with zero attached hydrogens (tertiary/aromatic N) is 5. The number of aliphatic imine (C=N–C) groups is 1. The van der Waals surface area contributed by atoms with Crippen molar-refractivity contribution in [3.8, 4) is 6.01 Å². The van der Waals surface area contributed by atoms with Crippen LogP contribution in [0.5, 0.6) is 6.01 Å². The summed E-state index contributed by atoms with van der Waals surface area (Å²) in [5.74, 6) is 0.674. The van der Waals surface area contributed by atoms with E-state index in [9.17, 15) is 0 Å². The molecule has 0 aliphatic carbocycles. The molecule has 124 valence electrons. The molecule has 3 rings (SSSR count). The number of ether oxygens (including phenoxy) is 2. The number of nitrogens with two attached hydrogens (primary N) is 1. The van der Waals surface area contributed by atoms with E-state index in [1.54, 1.807) is 7.11 Å². The van der Waals surface area contributed by atoms with Crippen molar-refractivity contribution in [2.24, 2.45) is 4.99 Å². The van der Waals surface area contributed by atoms with Crippen LogP contribution in [0, 0.1) is 0 Å². The molecular weight excluding hydrogens is 308 g/mol. The standard InChI is InChI=1S/C16H18N6O2/c1-18-15-19-12-13(17)20-16(24-9-8-23-2)21-14(12)22(15)10-11-6-4-3-5-7-11/h3-7H,1,8-10H2,2H3,(H2,17,20,21). The molecule has 0 aliphatic rings. The Hall–Kier alpha value is -3.00. The van der Waals surface area contributed by atoms with E-state index in [1.165, 1.54) is 0 Å². The van der Waals surface area contributed by atoms with Crippen LogP contribution in [0.4, 0.5) is 11.8 Å². The van der Waals surface area contributed by atoms with Crippen molar-refractivity contribution in [2.75, 3.05) is 26.1 Å². The van der Waals surface area contributed by atoms with Gasteiger partial charge in [-0.1, -0.05) is 30.3 Å². The van der Waals surface area contributed by atoms with Gasteiger partial charge in [0.2, 0.25) is 5.95 Å². The summed E-state index contributed by atoms with van der Waals surface area (Å²) in [7, 11) is 1.60. The molecule has 0 atom stereocenters. The normalized spacial score (nSPS) is 10.9. The van der Waals surface area contributed by atoms with Gasteiger partial charge in [-0.05, 0) is 12.3 Å². The molecule has 3 aromatic rings. The zero-order valence-electron chi connectivity index (χ0n) is 13.3. The van der Waals surface area contributed by atoms with E-state index in [4.69, 9.17) is 15.2 Å². The van der Waals surface area contributed by atoms with Gasteiger partial charge >= 0.3 is 6.01 Å². The van der Waals surface area contributed by atoms with Crippen molar-refractivity contribution < 1.29 is 9.47 Å². The fraction of sp³-hybridized carbons (Fsp3) is 0.250. The Bertz CT molecular complexity index is 847. The Morgan fingerprint density at radius 2 is 1.96 bits per heavy atom. The first kappa shape index (κ1) is 15.9. The highest BCUT2D eigenvalue weighted by Crippen LogP contribution is 2.26. The lowest BCUT2D eigenvalue weighted by Crippen LogP contribution is -2.09. The number of anilines is 1. The highest BCUT2D eigenvalue weighted by atomic mass is 16.5. The van der Waals surface area contributed by atoms with Crippen LogP contribution in [0.15, 0.2) is 35.3 Å². The van der Waals surface area contributed by atoms with Gasteiger partial charge < -0.3 is 15.2 Å². The van der Waals surface area contributed by atoms with Gasteiger partial charge in [-0.25, -0.2) is 9.98 Å². The number of rotatable bonds is 7. The lowest BCUT2D eigenvalue weighted by atomic mass is 10.2. The molecule has 2 heterocycles. The molecule has 0 radical (unpaired) electrons. The Labute approximate surface area is 139 Å². The van der Waals surface area contributed by atoms with Gasteiger partial charge in [-0.15, -0.1) is 0 Å². The van der Waals surface area contributed by atoms with Gasteiger partial charge in [0.15, 0.2) is 17.0 Å². The third-order valence-corrected chi connectivity index (χ3v) is 3.42. The number of aromatic nitrogens is 4. The molecule has 2 N–H and O–H groups in total. The zero-order chi connectivity index (χ0) is 16.9. The molecule has 0 unspecified atom stereocenters. The SMILES string of the molecule is C=Nc1nc2c(N)nc(OCCOC)nc2n1Cc1ccccc1. The van der Waals surface area contributed by atoms with Crippen molar-refractivity contribution in [3.63, 3.8) is 0 Å². The Morgan fingerprint density at radius 1 is 1.17 bits per heavy atom. The van der Waals surface area contributed by atoms with Crippen LogP contribution in [0.2, 0.25) is 0 Å². The lowest BCUT2D eigenvalue weighted by molar-refractivity contribution is 0.141. The minimum absolute atomic E-state index is 0.182. The van der Waals surface area contributed by atoms with E-state index in [2.05, 4.69) is 26.7 Å². The van der Waals surface area contributed by atoms with Gasteiger partial charge in [0.1, 0.15) is 6.61 Å². The van der Waals surface area contributed by atoms with Crippen LogP contribution in [0.25, 0.3) is 11.2 Å². The molecule has 8 heteroatoms. The van der Waals surface area contributed by atoms with Gasteiger partial charge in [-0.3, -0.25) is 4.57 Å². The quantitative estimate of drug-likeness (QED) is 0.525. The van der Waals surface area contributed by atoms with Crippen LogP contribution < -0.4 is 10.5 Å². The Morgan fingerprint density at radius 3 is 2.67 bits per heavy atom. The van der Waals surface area contributed by atoms with E-state index in [0.29, 0.717) is 36.9 Å². The second-order valence-electron chi connectivity index (χ2n) is 5.05.